The van der Waals surface area contributed by atoms with Crippen molar-refractivity contribution in [1.29, 1.82) is 0 Å². The van der Waals surface area contributed by atoms with Gasteiger partial charge in [-0.05, 0) is 36.8 Å². The number of aromatic nitrogens is 1. The lowest BCUT2D eigenvalue weighted by molar-refractivity contribution is -0.682. The number of benzene rings is 3. The zero-order chi connectivity index (χ0) is 24.9. The number of nitrogens with zero attached hydrogens (tertiary/aromatic N) is 1. The molecule has 0 saturated heterocycles. The molecular weight excluding hydrogens is 438 g/mol. The number of ether oxygens (including phenoxy) is 4. The summed E-state index contributed by atoms with van der Waals surface area (Å²) in [6.07, 6.45) is 2.63. The maximum Gasteiger partial charge on any atom is 0.217 e. The molecule has 5 heteroatoms. The van der Waals surface area contributed by atoms with Crippen molar-refractivity contribution in [2.75, 3.05) is 28.4 Å². The number of fused-ring (bicyclic) bond motifs is 1. The third-order valence-corrected chi connectivity index (χ3v) is 6.39. The molecule has 0 fully saturated rings. The second-order valence-electron chi connectivity index (χ2n) is 8.30. The maximum atomic E-state index is 5.66. The first-order valence-electron chi connectivity index (χ1n) is 11.5. The molecule has 180 valence electrons. The number of rotatable bonds is 9. The van der Waals surface area contributed by atoms with Crippen LogP contribution in [-0.2, 0) is 13.0 Å². The molecule has 0 unspecified atom stereocenters. The fourth-order valence-corrected chi connectivity index (χ4v) is 4.66. The summed E-state index contributed by atoms with van der Waals surface area (Å²) in [5, 5.41) is 2.22. The van der Waals surface area contributed by atoms with Gasteiger partial charge in [0.1, 0.15) is 0 Å². The van der Waals surface area contributed by atoms with Crippen molar-refractivity contribution in [1.82, 2.24) is 0 Å². The van der Waals surface area contributed by atoms with Crippen LogP contribution in [-0.4, -0.2) is 28.4 Å². The lowest BCUT2D eigenvalue weighted by Crippen LogP contribution is -2.41. The van der Waals surface area contributed by atoms with E-state index in [1.54, 1.807) is 28.4 Å². The third kappa shape index (κ3) is 4.54. The smallest absolute Gasteiger partial charge is 0.217 e. The monoisotopic (exact) mass is 470 g/mol. The van der Waals surface area contributed by atoms with Crippen molar-refractivity contribution in [3.05, 3.63) is 90.1 Å². The van der Waals surface area contributed by atoms with Gasteiger partial charge in [0, 0.05) is 23.4 Å². The highest BCUT2D eigenvalue weighted by atomic mass is 16.5. The van der Waals surface area contributed by atoms with E-state index in [0.29, 0.717) is 36.0 Å². The van der Waals surface area contributed by atoms with Crippen molar-refractivity contribution in [3.8, 4) is 34.3 Å². The highest BCUT2D eigenvalue weighted by Gasteiger charge is 2.28. The molecule has 0 aliphatic carbocycles. The molecule has 0 bridgehead atoms. The molecule has 0 radical (unpaired) electrons. The Bertz CT molecular complexity index is 1360. The first kappa shape index (κ1) is 24.1. The van der Waals surface area contributed by atoms with Crippen LogP contribution in [0.4, 0.5) is 0 Å². The van der Waals surface area contributed by atoms with Crippen LogP contribution in [0.2, 0.25) is 0 Å². The molecule has 4 rings (SSSR count). The van der Waals surface area contributed by atoms with E-state index in [0.717, 1.165) is 33.3 Å². The van der Waals surface area contributed by atoms with E-state index in [4.69, 9.17) is 18.9 Å². The van der Waals surface area contributed by atoms with E-state index in [2.05, 4.69) is 60.5 Å². The van der Waals surface area contributed by atoms with E-state index in [-0.39, 0.29) is 0 Å². The van der Waals surface area contributed by atoms with E-state index in [1.165, 1.54) is 5.56 Å². The van der Waals surface area contributed by atoms with Gasteiger partial charge in [-0.1, -0.05) is 36.4 Å². The van der Waals surface area contributed by atoms with Crippen molar-refractivity contribution in [2.45, 2.75) is 19.9 Å². The van der Waals surface area contributed by atoms with E-state index < -0.39 is 0 Å². The van der Waals surface area contributed by atoms with Crippen molar-refractivity contribution in [3.63, 3.8) is 0 Å². The normalized spacial score (nSPS) is 10.8. The van der Waals surface area contributed by atoms with Crippen LogP contribution in [0.15, 0.2) is 73.3 Å². The topological polar surface area (TPSA) is 40.8 Å². The lowest BCUT2D eigenvalue weighted by atomic mass is 9.94. The van der Waals surface area contributed by atoms with Gasteiger partial charge in [0.05, 0.1) is 39.4 Å². The van der Waals surface area contributed by atoms with Gasteiger partial charge >= 0.3 is 0 Å². The Morgan fingerprint density at radius 3 is 1.94 bits per heavy atom. The summed E-state index contributed by atoms with van der Waals surface area (Å²) in [6.45, 7) is 6.93. The Balaban J connectivity index is 2.12. The zero-order valence-electron chi connectivity index (χ0n) is 21.1. The van der Waals surface area contributed by atoms with E-state index >= 15 is 0 Å². The van der Waals surface area contributed by atoms with E-state index in [9.17, 15) is 0 Å². The first-order chi connectivity index (χ1) is 17.1. The average Bonchev–Trinajstić information content (AvgIpc) is 2.90. The number of pyridine rings is 1. The highest BCUT2D eigenvalue weighted by Crippen LogP contribution is 2.39. The Morgan fingerprint density at radius 2 is 1.34 bits per heavy atom. The number of allylic oxidation sites excluding steroid dienone is 1. The molecule has 4 aromatic rings. The number of methoxy groups -OCH3 is 4. The number of aryl methyl sites for hydroxylation is 1. The molecule has 0 atom stereocenters. The summed E-state index contributed by atoms with van der Waals surface area (Å²) < 4.78 is 24.8. The van der Waals surface area contributed by atoms with Crippen LogP contribution >= 0.6 is 0 Å². The van der Waals surface area contributed by atoms with Crippen molar-refractivity contribution < 1.29 is 23.5 Å². The van der Waals surface area contributed by atoms with Gasteiger partial charge < -0.3 is 18.9 Å². The Morgan fingerprint density at radius 1 is 0.743 bits per heavy atom. The van der Waals surface area contributed by atoms with Crippen LogP contribution in [0.5, 0.6) is 23.0 Å². The molecule has 3 aromatic carbocycles. The Hall–Kier alpha value is -3.99. The minimum Gasteiger partial charge on any atom is -0.493 e. The molecular formula is C30H32NO4+. The van der Waals surface area contributed by atoms with Crippen LogP contribution in [0.25, 0.3) is 22.0 Å². The molecule has 0 aliphatic heterocycles. The molecule has 0 spiro atoms. The fourth-order valence-electron chi connectivity index (χ4n) is 4.66. The number of hydrogen-bond donors (Lipinski definition) is 0. The van der Waals surface area contributed by atoms with Crippen LogP contribution in [0.3, 0.4) is 0 Å². The standard InChI is InChI=1S/C30H32NO4/c1-7-11-23-25-18-29(35-6)28(34-5)17-24(25)20(2)31(19-21-12-9-8-10-13-21)30(23)22-14-15-26(32-3)27(16-22)33-4/h7-10,12-18H,1,11,19H2,2-6H3/q+1. The Labute approximate surface area is 207 Å². The molecule has 0 aliphatic rings. The van der Waals surface area contributed by atoms with Crippen LogP contribution in [0, 0.1) is 6.92 Å². The molecule has 0 saturated carbocycles. The minimum absolute atomic E-state index is 0.685. The summed E-state index contributed by atoms with van der Waals surface area (Å²) >= 11 is 0. The molecule has 0 amide bonds. The van der Waals surface area contributed by atoms with Gasteiger partial charge in [0.25, 0.3) is 0 Å². The SMILES string of the molecule is C=CCc1c(-c2ccc(OC)c(OC)c2)[n+](Cc2ccccc2)c(C)c2cc(OC)c(OC)cc12. The second-order valence-corrected chi connectivity index (χ2v) is 8.30. The van der Waals surface area contributed by atoms with Crippen LogP contribution in [0.1, 0.15) is 16.8 Å². The van der Waals surface area contributed by atoms with Gasteiger partial charge in [0.2, 0.25) is 5.69 Å². The van der Waals surface area contributed by atoms with Gasteiger partial charge in [-0.25, -0.2) is 0 Å². The van der Waals surface area contributed by atoms with E-state index in [1.807, 2.05) is 24.3 Å². The largest absolute Gasteiger partial charge is 0.493 e. The van der Waals surface area contributed by atoms with Gasteiger partial charge in [-0.2, -0.15) is 4.57 Å². The van der Waals surface area contributed by atoms with Gasteiger partial charge in [-0.15, -0.1) is 6.58 Å². The summed E-state index contributed by atoms with van der Waals surface area (Å²) in [5.41, 5.74) is 5.64. The van der Waals surface area contributed by atoms with Crippen molar-refractivity contribution in [2.24, 2.45) is 0 Å². The van der Waals surface area contributed by atoms with Crippen LogP contribution < -0.4 is 23.5 Å². The molecule has 1 heterocycles. The summed E-state index contributed by atoms with van der Waals surface area (Å²) in [6, 6.07) is 20.7. The predicted octanol–water partition coefficient (Wildman–Crippen LogP) is 5.91. The molecule has 5 nitrogen and oxygen atoms in total. The van der Waals surface area contributed by atoms with Gasteiger partial charge in [0.15, 0.2) is 35.2 Å². The molecule has 0 N–H and O–H groups in total. The third-order valence-electron chi connectivity index (χ3n) is 6.39. The fraction of sp³-hybridized carbons (Fsp3) is 0.233. The van der Waals surface area contributed by atoms with Gasteiger partial charge in [-0.3, -0.25) is 0 Å². The average molecular weight is 471 g/mol. The van der Waals surface area contributed by atoms with Crippen molar-refractivity contribution >= 4 is 10.8 Å². The lowest BCUT2D eigenvalue weighted by Gasteiger charge is -2.18. The minimum atomic E-state index is 0.685. The number of hydrogen-bond acceptors (Lipinski definition) is 4. The maximum absolute atomic E-state index is 5.66. The Kier molecular flexibility index (Phi) is 7.25. The quantitative estimate of drug-likeness (QED) is 0.225. The second kappa shape index (κ2) is 10.5. The predicted molar refractivity (Wildman–Crippen MR) is 140 cm³/mol. The summed E-state index contributed by atoms with van der Waals surface area (Å²) in [7, 11) is 6.64. The summed E-state index contributed by atoms with van der Waals surface area (Å²) in [4.78, 5) is 0. The first-order valence-corrected chi connectivity index (χ1v) is 11.5. The molecule has 35 heavy (non-hydrogen) atoms. The summed E-state index contributed by atoms with van der Waals surface area (Å²) in [5.74, 6) is 2.78. The highest BCUT2D eigenvalue weighted by molar-refractivity contribution is 5.93. The zero-order valence-corrected chi connectivity index (χ0v) is 21.1. The molecule has 1 aromatic heterocycles.